The van der Waals surface area contributed by atoms with Gasteiger partial charge in [0.25, 0.3) is 11.8 Å². The number of hydrogen-bond acceptors (Lipinski definition) is 9. The van der Waals surface area contributed by atoms with Gasteiger partial charge in [-0.25, -0.2) is 0 Å². The molecule has 1 rings (SSSR count). The Bertz CT molecular complexity index is 850. The van der Waals surface area contributed by atoms with E-state index in [0.717, 1.165) is 4.90 Å². The number of nitrogens with one attached hydrogen (secondary N) is 2. The van der Waals surface area contributed by atoms with Crippen molar-refractivity contribution in [2.45, 2.75) is 25.2 Å². The van der Waals surface area contributed by atoms with Gasteiger partial charge >= 0.3 is 0 Å². The van der Waals surface area contributed by atoms with Crippen molar-refractivity contribution in [2.24, 2.45) is 0 Å². The lowest BCUT2D eigenvalue weighted by Crippen LogP contribution is -2.41. The lowest BCUT2D eigenvalue weighted by molar-refractivity contribution is -0.117. The van der Waals surface area contributed by atoms with Crippen LogP contribution in [0.15, 0.2) is 0 Å². The minimum absolute atomic E-state index is 0.0133. The maximum absolute atomic E-state index is 13.0. The number of benzene rings is 1. The SMILES string of the molecule is CC(=O)N(C[C@@H](O)CO)c1c(I)c(C(=O)NC[C@H](O)CO)c(I)c(C(=O)NC[C@@H](O)CO)c1I. The zero-order valence-corrected chi connectivity index (χ0v) is 24.4. The number of anilines is 1. The Morgan fingerprint density at radius 2 is 1.15 bits per heavy atom. The van der Waals surface area contributed by atoms with Crippen LogP contribution < -0.4 is 15.5 Å². The molecule has 8 N–H and O–H groups in total. The van der Waals surface area contributed by atoms with Gasteiger partial charge in [-0.2, -0.15) is 0 Å². The molecule has 12 nitrogen and oxygen atoms in total. The highest BCUT2D eigenvalue weighted by Gasteiger charge is 2.32. The molecule has 0 fully saturated rings. The molecule has 0 aliphatic rings. The molecular formula is C19H26I3N3O9. The van der Waals surface area contributed by atoms with Gasteiger partial charge in [-0.05, 0) is 67.8 Å². The van der Waals surface area contributed by atoms with Crippen molar-refractivity contribution in [1.82, 2.24) is 10.6 Å². The first-order chi connectivity index (χ1) is 15.9. The van der Waals surface area contributed by atoms with Crippen LogP contribution in [0.2, 0.25) is 0 Å². The normalized spacial score (nSPS) is 13.7. The molecule has 1 aromatic carbocycles. The summed E-state index contributed by atoms with van der Waals surface area (Å²) in [6.45, 7) is -1.41. The van der Waals surface area contributed by atoms with Gasteiger partial charge in [0.05, 0.1) is 68.6 Å². The van der Waals surface area contributed by atoms with Crippen LogP contribution in [0.3, 0.4) is 0 Å². The minimum Gasteiger partial charge on any atom is -0.394 e. The monoisotopic (exact) mass is 821 g/mol. The van der Waals surface area contributed by atoms with Crippen LogP contribution >= 0.6 is 67.8 Å². The van der Waals surface area contributed by atoms with Crippen LogP contribution in [-0.4, -0.2) is 106 Å². The largest absolute Gasteiger partial charge is 0.394 e. The van der Waals surface area contributed by atoms with E-state index in [-0.39, 0.29) is 47.2 Å². The third-order valence-corrected chi connectivity index (χ3v) is 7.60. The first-order valence-electron chi connectivity index (χ1n) is 9.82. The van der Waals surface area contributed by atoms with Crippen molar-refractivity contribution in [3.8, 4) is 0 Å². The Hall–Kier alpha value is -0.420. The van der Waals surface area contributed by atoms with Gasteiger partial charge in [-0.3, -0.25) is 14.4 Å². The van der Waals surface area contributed by atoms with Crippen molar-refractivity contribution >= 4 is 91.2 Å². The van der Waals surface area contributed by atoms with Crippen LogP contribution in [0.1, 0.15) is 27.6 Å². The fourth-order valence-corrected chi connectivity index (χ4v) is 7.39. The van der Waals surface area contributed by atoms with Gasteiger partial charge < -0.3 is 46.2 Å². The van der Waals surface area contributed by atoms with Crippen LogP contribution in [0.5, 0.6) is 0 Å². The number of nitrogens with zero attached hydrogens (tertiary/aromatic N) is 1. The molecule has 0 unspecified atom stereocenters. The van der Waals surface area contributed by atoms with Gasteiger partial charge in [0.15, 0.2) is 0 Å². The van der Waals surface area contributed by atoms with Crippen LogP contribution in [0.25, 0.3) is 0 Å². The van der Waals surface area contributed by atoms with Gasteiger partial charge in [-0.15, -0.1) is 0 Å². The summed E-state index contributed by atoms with van der Waals surface area (Å²) >= 11 is 5.47. The van der Waals surface area contributed by atoms with E-state index < -0.39 is 55.9 Å². The molecule has 0 radical (unpaired) electrons. The third-order valence-electron chi connectivity index (χ3n) is 4.42. The molecule has 0 spiro atoms. The zero-order chi connectivity index (χ0) is 26.2. The molecule has 15 heteroatoms. The van der Waals surface area contributed by atoms with Crippen LogP contribution in [0.4, 0.5) is 5.69 Å². The summed E-state index contributed by atoms with van der Waals surface area (Å²) in [5, 5.41) is 61.3. The average Bonchev–Trinajstić information content (AvgIpc) is 2.79. The highest BCUT2D eigenvalue weighted by Crippen LogP contribution is 2.38. The highest BCUT2D eigenvalue weighted by atomic mass is 127. The number of aliphatic hydroxyl groups excluding tert-OH is 6. The van der Waals surface area contributed by atoms with Crippen LogP contribution in [0, 0.1) is 10.7 Å². The summed E-state index contributed by atoms with van der Waals surface area (Å²) in [6, 6.07) is 0. The van der Waals surface area contributed by atoms with Crippen molar-refractivity contribution in [3.63, 3.8) is 0 Å². The third kappa shape index (κ3) is 8.32. The number of carbonyl (C=O) groups is 3. The van der Waals surface area contributed by atoms with Crippen LogP contribution in [-0.2, 0) is 4.79 Å². The van der Waals surface area contributed by atoms with Gasteiger partial charge in [0.1, 0.15) is 0 Å². The number of rotatable bonds is 12. The van der Waals surface area contributed by atoms with E-state index in [1.807, 2.05) is 45.2 Å². The summed E-state index contributed by atoms with van der Waals surface area (Å²) < 4.78 is 0.762. The molecule has 3 amide bonds. The topological polar surface area (TPSA) is 200 Å². The van der Waals surface area contributed by atoms with E-state index in [2.05, 4.69) is 10.6 Å². The average molecular weight is 821 g/mol. The smallest absolute Gasteiger partial charge is 0.253 e. The summed E-state index contributed by atoms with van der Waals surface area (Å²) in [7, 11) is 0. The van der Waals surface area contributed by atoms with E-state index in [9.17, 15) is 34.8 Å². The van der Waals surface area contributed by atoms with Crippen molar-refractivity contribution in [2.75, 3.05) is 44.4 Å². The van der Waals surface area contributed by atoms with Gasteiger partial charge in [-0.1, -0.05) is 0 Å². The number of amides is 3. The lowest BCUT2D eigenvalue weighted by Gasteiger charge is -2.28. The molecule has 0 aliphatic carbocycles. The van der Waals surface area contributed by atoms with E-state index >= 15 is 0 Å². The predicted molar refractivity (Wildman–Crippen MR) is 147 cm³/mol. The predicted octanol–water partition coefficient (Wildman–Crippen LogP) is -1.63. The molecule has 0 aliphatic heterocycles. The molecule has 0 heterocycles. The number of hydrogen-bond donors (Lipinski definition) is 8. The fraction of sp³-hybridized carbons (Fsp3) is 0.526. The summed E-state index contributed by atoms with van der Waals surface area (Å²) in [6.07, 6.45) is -3.71. The van der Waals surface area contributed by atoms with E-state index in [4.69, 9.17) is 10.2 Å². The standard InChI is InChI=1S/C19H26I3N3O9/c1-8(29)25(4-11(32)7-28)17-15(21)12(18(33)23-2-9(30)5-26)14(20)13(16(17)22)19(34)24-3-10(31)6-27/h9-11,26-28,30-32H,2-7H2,1H3,(H,23,33)(H,24,34)/t9-,10+,11-/m1/s1. The van der Waals surface area contributed by atoms with Crippen molar-refractivity contribution < 1.29 is 45.0 Å². The molecule has 3 atom stereocenters. The fourth-order valence-electron chi connectivity index (χ4n) is 2.66. The van der Waals surface area contributed by atoms with E-state index in [1.165, 1.54) is 6.92 Å². The molecule has 0 aromatic heterocycles. The molecule has 0 saturated carbocycles. The summed E-state index contributed by atoms with van der Waals surface area (Å²) in [5.41, 5.74) is 0.182. The second-order valence-electron chi connectivity index (χ2n) is 7.10. The molecule has 192 valence electrons. The number of halogens is 3. The Morgan fingerprint density at radius 1 is 0.765 bits per heavy atom. The van der Waals surface area contributed by atoms with Gasteiger partial charge in [0, 0.05) is 23.6 Å². The minimum atomic E-state index is -1.29. The second-order valence-corrected chi connectivity index (χ2v) is 10.3. The maximum Gasteiger partial charge on any atom is 0.253 e. The lowest BCUT2D eigenvalue weighted by atomic mass is 10.1. The summed E-state index contributed by atoms with van der Waals surface area (Å²) in [5.74, 6) is -1.89. The second kappa shape index (κ2) is 15.0. The first kappa shape index (κ1) is 31.6. The van der Waals surface area contributed by atoms with Gasteiger partial charge in [0.2, 0.25) is 5.91 Å². The molecular weight excluding hydrogens is 795 g/mol. The number of carbonyl (C=O) groups excluding carboxylic acids is 3. The van der Waals surface area contributed by atoms with E-state index in [0.29, 0.717) is 0 Å². The quantitative estimate of drug-likeness (QED) is 0.114. The molecule has 1 aromatic rings. The molecule has 34 heavy (non-hydrogen) atoms. The Labute approximate surface area is 236 Å². The Morgan fingerprint density at radius 3 is 1.47 bits per heavy atom. The Balaban J connectivity index is 3.73. The molecule has 0 saturated heterocycles. The number of aliphatic hydroxyl groups is 6. The van der Waals surface area contributed by atoms with E-state index in [1.54, 1.807) is 22.6 Å². The zero-order valence-electron chi connectivity index (χ0n) is 18.0. The summed E-state index contributed by atoms with van der Waals surface area (Å²) in [4.78, 5) is 39.6. The van der Waals surface area contributed by atoms with Crippen molar-refractivity contribution in [1.29, 1.82) is 0 Å². The Kier molecular flexibility index (Phi) is 13.9. The molecule has 0 bridgehead atoms. The highest BCUT2D eigenvalue weighted by molar-refractivity contribution is 14.1. The maximum atomic E-state index is 13.0. The first-order valence-corrected chi connectivity index (χ1v) is 13.1. The van der Waals surface area contributed by atoms with Crippen molar-refractivity contribution in [3.05, 3.63) is 21.8 Å².